The van der Waals surface area contributed by atoms with E-state index in [4.69, 9.17) is 0 Å². The monoisotopic (exact) mass is 147 g/mol. The lowest BCUT2D eigenvalue weighted by Gasteiger charge is -1.86. The van der Waals surface area contributed by atoms with Crippen molar-refractivity contribution in [2.24, 2.45) is 4.52 Å². The van der Waals surface area contributed by atoms with Crippen molar-refractivity contribution in [2.75, 3.05) is 0 Å². The van der Waals surface area contributed by atoms with Gasteiger partial charge in [0.1, 0.15) is 0 Å². The fourth-order valence-electron chi connectivity index (χ4n) is 0.0495. The van der Waals surface area contributed by atoms with E-state index in [1.54, 1.807) is 0 Å². The maximum atomic E-state index is 11.3. The molecule has 0 fully saturated rings. The highest BCUT2D eigenvalue weighted by Gasteiger charge is 2.03. The zero-order valence-electron chi connectivity index (χ0n) is 3.18. The second-order valence-corrected chi connectivity index (χ2v) is 2.82. The highest BCUT2D eigenvalue weighted by molar-refractivity contribution is 7.65. The van der Waals surface area contributed by atoms with E-state index in [2.05, 4.69) is 10.8 Å². The van der Waals surface area contributed by atoms with Crippen molar-refractivity contribution in [3.8, 4) is 0 Å². The molecule has 0 spiro atoms. The largest absolute Gasteiger partial charge is 0.318 e. The molecule has 42 valence electrons. The molecule has 7 heavy (non-hydrogen) atoms. The van der Waals surface area contributed by atoms with Gasteiger partial charge in [-0.25, -0.2) is 0 Å². The lowest BCUT2D eigenvalue weighted by atomic mass is 12.0. The van der Waals surface area contributed by atoms with Gasteiger partial charge in [0.15, 0.2) is 0 Å². The fraction of sp³-hybridized carbons (Fsp3) is 0. The zero-order valence-corrected chi connectivity index (χ0v) is 4.97. The minimum absolute atomic E-state index is 1.13. The van der Waals surface area contributed by atoms with Crippen molar-refractivity contribution in [2.45, 2.75) is 0 Å². The summed E-state index contributed by atoms with van der Waals surface area (Å²) in [6.45, 7) is 0. The third-order valence-electron chi connectivity index (χ3n) is 0.165. The van der Waals surface area contributed by atoms with Gasteiger partial charge in [0, 0.05) is 0 Å². The van der Waals surface area contributed by atoms with Crippen molar-refractivity contribution in [3.63, 3.8) is 0 Å². The second-order valence-electron chi connectivity index (χ2n) is 0.761. The summed E-state index contributed by atoms with van der Waals surface area (Å²) in [6.07, 6.45) is 2.32. The SMILES string of the molecule is C=P(F)(F)N=PF. The molecule has 0 atom stereocenters. The predicted molar refractivity (Wildman–Crippen MR) is 26.7 cm³/mol. The molecule has 0 aliphatic heterocycles. The molecule has 0 saturated carbocycles. The van der Waals surface area contributed by atoms with Gasteiger partial charge in [-0.3, -0.25) is 0 Å². The second kappa shape index (κ2) is 2.49. The summed E-state index contributed by atoms with van der Waals surface area (Å²) in [5, 5.41) is 0. The molecule has 0 aromatic carbocycles. The predicted octanol–water partition coefficient (Wildman–Crippen LogP) is 3.13. The van der Waals surface area contributed by atoms with Crippen molar-refractivity contribution in [1.29, 1.82) is 0 Å². The Kier molecular flexibility index (Phi) is 2.55. The molecule has 0 aromatic rings. The standard InChI is InChI=1S/CH2F3NP2/c1-7(3,4)5-6-2/h1H2. The molecule has 0 unspecified atom stereocenters. The fourth-order valence-corrected chi connectivity index (χ4v) is 0.445. The number of halogens is 3. The highest BCUT2D eigenvalue weighted by Crippen LogP contribution is 2.52. The first kappa shape index (κ1) is 7.19. The van der Waals surface area contributed by atoms with Crippen LogP contribution in [0.5, 0.6) is 0 Å². The zero-order chi connectivity index (χ0) is 5.91. The molecule has 0 heterocycles. The van der Waals surface area contributed by atoms with Gasteiger partial charge in [-0.15, -0.1) is 0 Å². The Balaban J connectivity index is 3.82. The van der Waals surface area contributed by atoms with Crippen LogP contribution in [0, 0.1) is 0 Å². The topological polar surface area (TPSA) is 12.4 Å². The molecule has 0 aliphatic rings. The summed E-state index contributed by atoms with van der Waals surface area (Å²) < 4.78 is 35.6. The minimum Gasteiger partial charge on any atom is -0.168 e. The van der Waals surface area contributed by atoms with Crippen LogP contribution in [0.15, 0.2) is 4.52 Å². The smallest absolute Gasteiger partial charge is 0.168 e. The number of nitrogens with zero attached hydrogens (tertiary/aromatic N) is 1. The molecular formula is CH2F3NP2. The van der Waals surface area contributed by atoms with Crippen LogP contribution in [0.2, 0.25) is 0 Å². The van der Waals surface area contributed by atoms with Crippen LogP contribution in [0.3, 0.4) is 0 Å². The maximum absolute atomic E-state index is 11.3. The van der Waals surface area contributed by atoms with E-state index in [9.17, 15) is 12.6 Å². The van der Waals surface area contributed by atoms with Crippen LogP contribution in [-0.2, 0) is 0 Å². The van der Waals surface area contributed by atoms with E-state index in [1.165, 1.54) is 0 Å². The molecule has 0 aliphatic carbocycles. The average molecular weight is 147 g/mol. The first-order chi connectivity index (χ1) is 3.06. The summed E-state index contributed by atoms with van der Waals surface area (Å²) in [5.74, 6) is 0. The number of rotatable bonds is 1. The Hall–Kier alpha value is 0.190. The van der Waals surface area contributed by atoms with Gasteiger partial charge in [0.25, 0.3) is 0 Å². The Morgan fingerprint density at radius 1 is 1.57 bits per heavy atom. The van der Waals surface area contributed by atoms with Gasteiger partial charge >= 0.3 is 7.66 Å². The third kappa shape index (κ3) is 6.19. The molecule has 6 heteroatoms. The van der Waals surface area contributed by atoms with E-state index in [1.807, 2.05) is 0 Å². The van der Waals surface area contributed by atoms with Crippen LogP contribution in [0.25, 0.3) is 0 Å². The van der Waals surface area contributed by atoms with Crippen LogP contribution >= 0.6 is 16.3 Å². The highest BCUT2D eigenvalue weighted by atomic mass is 31.2. The molecule has 0 rings (SSSR count). The van der Waals surface area contributed by atoms with Gasteiger partial charge < -0.3 is 0 Å². The van der Waals surface area contributed by atoms with Crippen molar-refractivity contribution < 1.29 is 12.6 Å². The number of hydrogen-bond acceptors (Lipinski definition) is 1. The minimum atomic E-state index is -4.43. The molecule has 0 N–H and O–H groups in total. The van der Waals surface area contributed by atoms with E-state index in [0.717, 1.165) is 0 Å². The summed E-state index contributed by atoms with van der Waals surface area (Å²) in [7, 11) is -5.56. The molecular weight excluding hydrogens is 145 g/mol. The maximum Gasteiger partial charge on any atom is 0.318 e. The Labute approximate surface area is 40.8 Å². The van der Waals surface area contributed by atoms with E-state index in [-0.39, 0.29) is 0 Å². The Bertz CT molecular complexity index is 114. The molecule has 0 bridgehead atoms. The first-order valence-corrected chi connectivity index (χ1v) is 3.67. The summed E-state index contributed by atoms with van der Waals surface area (Å²) in [4.78, 5) is 0. The Morgan fingerprint density at radius 3 is 2.00 bits per heavy atom. The van der Waals surface area contributed by atoms with E-state index < -0.39 is 16.3 Å². The Morgan fingerprint density at radius 2 is 2.00 bits per heavy atom. The van der Waals surface area contributed by atoms with Crippen molar-refractivity contribution in [3.05, 3.63) is 0 Å². The quantitative estimate of drug-likeness (QED) is 0.505. The summed E-state index contributed by atoms with van der Waals surface area (Å²) in [5.41, 5.74) is 0. The van der Waals surface area contributed by atoms with E-state index in [0.29, 0.717) is 0 Å². The van der Waals surface area contributed by atoms with Crippen LogP contribution < -0.4 is 0 Å². The van der Waals surface area contributed by atoms with Gasteiger partial charge in [0.05, 0.1) is 0 Å². The molecule has 0 radical (unpaired) electrons. The third-order valence-corrected chi connectivity index (χ3v) is 1.48. The van der Waals surface area contributed by atoms with Crippen molar-refractivity contribution >= 4 is 22.6 Å². The molecule has 0 amide bonds. The van der Waals surface area contributed by atoms with Crippen molar-refractivity contribution in [1.82, 2.24) is 0 Å². The van der Waals surface area contributed by atoms with Gasteiger partial charge in [0.2, 0.25) is 8.68 Å². The van der Waals surface area contributed by atoms with Gasteiger partial charge in [-0.2, -0.15) is 17.1 Å². The van der Waals surface area contributed by atoms with Gasteiger partial charge in [-0.1, -0.05) is 0 Å². The lowest BCUT2D eigenvalue weighted by molar-refractivity contribution is 0.740. The lowest BCUT2D eigenvalue weighted by Crippen LogP contribution is -1.42. The molecule has 0 saturated heterocycles. The average Bonchev–Trinajstić information content (AvgIpc) is 1.30. The molecule has 1 nitrogen and oxygen atoms in total. The molecule has 0 aromatic heterocycles. The summed E-state index contributed by atoms with van der Waals surface area (Å²) >= 11 is 0. The van der Waals surface area contributed by atoms with Gasteiger partial charge in [-0.05, 0) is 6.30 Å². The van der Waals surface area contributed by atoms with Crippen LogP contribution in [0.1, 0.15) is 0 Å². The summed E-state index contributed by atoms with van der Waals surface area (Å²) in [6, 6.07) is 0. The van der Waals surface area contributed by atoms with E-state index >= 15 is 0 Å². The first-order valence-electron chi connectivity index (χ1n) is 1.22. The van der Waals surface area contributed by atoms with Crippen LogP contribution in [-0.4, -0.2) is 6.30 Å². The number of hydrogen-bond donors (Lipinski definition) is 0. The van der Waals surface area contributed by atoms with Crippen LogP contribution in [0.4, 0.5) is 12.6 Å². The normalized spacial score (nSPS) is 13.0.